The third-order valence-corrected chi connectivity index (χ3v) is 8.01. The molecule has 1 aliphatic carbocycles. The Morgan fingerprint density at radius 2 is 1.26 bits per heavy atom. The van der Waals surface area contributed by atoms with Gasteiger partial charge in [-0.15, -0.1) is 0 Å². The molecule has 0 saturated carbocycles. The summed E-state index contributed by atoms with van der Waals surface area (Å²) in [4.78, 5) is 0. The lowest BCUT2D eigenvalue weighted by atomic mass is 9.81. The summed E-state index contributed by atoms with van der Waals surface area (Å²) in [7, 11) is 0. The first-order valence-corrected chi connectivity index (χ1v) is 12.0. The molecule has 0 spiro atoms. The molecule has 7 rings (SSSR count). The molecular formula is C33H26O. The number of hydrogen-bond acceptors (Lipinski definition) is 1. The van der Waals surface area contributed by atoms with Gasteiger partial charge in [0.15, 0.2) is 0 Å². The Labute approximate surface area is 200 Å². The second-order valence-electron chi connectivity index (χ2n) is 10.3. The SMILES string of the molecule is Cc1cc2c(cc1C)-c1cccc3c(-c4cccc5c4-c4ccccc4C5(C)C)ccc(c13)O2. The summed E-state index contributed by atoms with van der Waals surface area (Å²) in [5.41, 5.74) is 13.1. The first kappa shape index (κ1) is 19.6. The molecule has 0 bridgehead atoms. The van der Waals surface area contributed by atoms with Gasteiger partial charge in [0, 0.05) is 16.4 Å². The van der Waals surface area contributed by atoms with Crippen LogP contribution in [0.3, 0.4) is 0 Å². The molecule has 0 radical (unpaired) electrons. The minimum Gasteiger partial charge on any atom is -0.456 e. The third-order valence-electron chi connectivity index (χ3n) is 8.01. The zero-order chi connectivity index (χ0) is 23.2. The van der Waals surface area contributed by atoms with E-state index in [4.69, 9.17) is 4.74 Å². The van der Waals surface area contributed by atoms with Gasteiger partial charge in [0.1, 0.15) is 11.5 Å². The molecule has 164 valence electrons. The highest BCUT2D eigenvalue weighted by Gasteiger charge is 2.36. The predicted octanol–water partition coefficient (Wildman–Crippen LogP) is 9.20. The Hall–Kier alpha value is -3.84. The van der Waals surface area contributed by atoms with Crippen molar-refractivity contribution in [3.8, 4) is 44.9 Å². The maximum absolute atomic E-state index is 6.46. The van der Waals surface area contributed by atoms with E-state index in [0.717, 1.165) is 11.5 Å². The van der Waals surface area contributed by atoms with Crippen molar-refractivity contribution in [3.63, 3.8) is 0 Å². The van der Waals surface area contributed by atoms with Crippen molar-refractivity contribution in [2.45, 2.75) is 33.1 Å². The number of hydrogen-bond donors (Lipinski definition) is 0. The molecule has 0 unspecified atom stereocenters. The molecular weight excluding hydrogens is 412 g/mol. The zero-order valence-electron chi connectivity index (χ0n) is 20.0. The van der Waals surface area contributed by atoms with Crippen LogP contribution >= 0.6 is 0 Å². The Balaban J connectivity index is 1.54. The van der Waals surface area contributed by atoms with Crippen LogP contribution in [0, 0.1) is 13.8 Å². The summed E-state index contributed by atoms with van der Waals surface area (Å²) in [6.45, 7) is 9.00. The van der Waals surface area contributed by atoms with Gasteiger partial charge in [0.25, 0.3) is 0 Å². The molecule has 1 nitrogen and oxygen atoms in total. The molecule has 1 heteroatoms. The molecule has 0 amide bonds. The van der Waals surface area contributed by atoms with Crippen molar-refractivity contribution in [3.05, 3.63) is 107 Å². The fraction of sp³-hybridized carbons (Fsp3) is 0.152. The Bertz CT molecular complexity index is 1670. The van der Waals surface area contributed by atoms with E-state index in [1.54, 1.807) is 0 Å². The van der Waals surface area contributed by atoms with Gasteiger partial charge in [0.2, 0.25) is 0 Å². The first-order valence-electron chi connectivity index (χ1n) is 12.0. The molecule has 2 aliphatic rings. The normalized spacial score (nSPS) is 14.4. The van der Waals surface area contributed by atoms with Gasteiger partial charge in [-0.2, -0.15) is 0 Å². The van der Waals surface area contributed by atoms with Crippen LogP contribution in [-0.4, -0.2) is 0 Å². The summed E-state index contributed by atoms with van der Waals surface area (Å²) in [5.74, 6) is 1.89. The van der Waals surface area contributed by atoms with Crippen LogP contribution in [0.15, 0.2) is 84.9 Å². The molecule has 1 heterocycles. The first-order chi connectivity index (χ1) is 16.4. The van der Waals surface area contributed by atoms with Gasteiger partial charge in [-0.3, -0.25) is 0 Å². The number of benzene rings is 5. The summed E-state index contributed by atoms with van der Waals surface area (Å²) in [5, 5.41) is 2.45. The molecule has 5 aromatic carbocycles. The van der Waals surface area contributed by atoms with Gasteiger partial charge in [0.05, 0.1) is 0 Å². The second-order valence-corrected chi connectivity index (χ2v) is 10.3. The molecule has 0 aromatic heterocycles. The van der Waals surface area contributed by atoms with Crippen molar-refractivity contribution in [2.24, 2.45) is 0 Å². The van der Waals surface area contributed by atoms with Crippen molar-refractivity contribution in [1.82, 2.24) is 0 Å². The van der Waals surface area contributed by atoms with Crippen LogP contribution in [0.5, 0.6) is 11.5 Å². The highest BCUT2D eigenvalue weighted by Crippen LogP contribution is 2.54. The van der Waals surface area contributed by atoms with E-state index in [2.05, 4.69) is 113 Å². The van der Waals surface area contributed by atoms with E-state index >= 15 is 0 Å². The van der Waals surface area contributed by atoms with Gasteiger partial charge < -0.3 is 4.74 Å². The maximum Gasteiger partial charge on any atom is 0.135 e. The van der Waals surface area contributed by atoms with E-state index in [9.17, 15) is 0 Å². The summed E-state index contributed by atoms with van der Waals surface area (Å²) in [6.07, 6.45) is 0. The Morgan fingerprint density at radius 1 is 0.559 bits per heavy atom. The lowest BCUT2D eigenvalue weighted by Crippen LogP contribution is -2.14. The molecule has 5 aromatic rings. The number of ether oxygens (including phenoxy) is 1. The van der Waals surface area contributed by atoms with Crippen LogP contribution in [0.2, 0.25) is 0 Å². The van der Waals surface area contributed by atoms with E-state index in [1.807, 2.05) is 0 Å². The Morgan fingerprint density at radius 3 is 2.15 bits per heavy atom. The van der Waals surface area contributed by atoms with Crippen molar-refractivity contribution in [2.75, 3.05) is 0 Å². The fourth-order valence-electron chi connectivity index (χ4n) is 6.10. The second kappa shape index (κ2) is 6.61. The minimum absolute atomic E-state index is 0.00822. The highest BCUT2D eigenvalue weighted by atomic mass is 16.5. The van der Waals surface area contributed by atoms with Crippen molar-refractivity contribution >= 4 is 10.8 Å². The molecule has 1 aliphatic heterocycles. The molecule has 0 N–H and O–H groups in total. The Kier molecular flexibility index (Phi) is 3.81. The highest BCUT2D eigenvalue weighted by molar-refractivity contribution is 6.11. The average Bonchev–Trinajstić information content (AvgIpc) is 3.08. The van der Waals surface area contributed by atoms with Crippen LogP contribution < -0.4 is 4.74 Å². The third kappa shape index (κ3) is 2.45. The van der Waals surface area contributed by atoms with Gasteiger partial charge >= 0.3 is 0 Å². The van der Waals surface area contributed by atoms with Crippen molar-refractivity contribution < 1.29 is 4.74 Å². The lowest BCUT2D eigenvalue weighted by Gasteiger charge is -2.24. The van der Waals surface area contributed by atoms with Crippen LogP contribution in [0.4, 0.5) is 0 Å². The largest absolute Gasteiger partial charge is 0.456 e. The van der Waals surface area contributed by atoms with Gasteiger partial charge in [-0.1, -0.05) is 80.6 Å². The monoisotopic (exact) mass is 438 g/mol. The summed E-state index contributed by atoms with van der Waals surface area (Å²) in [6, 6.07) is 31.2. The summed E-state index contributed by atoms with van der Waals surface area (Å²) < 4.78 is 6.46. The lowest BCUT2D eigenvalue weighted by molar-refractivity contribution is 0.486. The molecule has 0 atom stereocenters. The van der Waals surface area contributed by atoms with E-state index in [0.29, 0.717) is 0 Å². The molecule has 34 heavy (non-hydrogen) atoms. The molecule has 0 fully saturated rings. The zero-order valence-corrected chi connectivity index (χ0v) is 20.0. The van der Waals surface area contributed by atoms with Gasteiger partial charge in [-0.05, 0) is 87.5 Å². The number of rotatable bonds is 1. The van der Waals surface area contributed by atoms with E-state index < -0.39 is 0 Å². The van der Waals surface area contributed by atoms with E-state index in [1.165, 1.54) is 66.4 Å². The van der Waals surface area contributed by atoms with Crippen LogP contribution in [0.1, 0.15) is 36.1 Å². The number of fused-ring (bicyclic) bond motifs is 5. The summed E-state index contributed by atoms with van der Waals surface area (Å²) >= 11 is 0. The van der Waals surface area contributed by atoms with Gasteiger partial charge in [-0.25, -0.2) is 0 Å². The minimum atomic E-state index is -0.00822. The average molecular weight is 439 g/mol. The van der Waals surface area contributed by atoms with Crippen molar-refractivity contribution in [1.29, 1.82) is 0 Å². The fourth-order valence-corrected chi connectivity index (χ4v) is 6.10. The number of aryl methyl sites for hydroxylation is 2. The smallest absolute Gasteiger partial charge is 0.135 e. The molecule has 0 saturated heterocycles. The quantitative estimate of drug-likeness (QED) is 0.249. The maximum atomic E-state index is 6.46. The standard InChI is InChI=1S/C33H26O/c1-19-17-26-24-11-7-10-23-21(15-16-29(32(23)24)34-30(26)18-20(19)2)22-12-8-14-28-31(22)25-9-5-6-13-27(25)33(28,3)4/h5-18H,1-4H3. The topological polar surface area (TPSA) is 9.23 Å². The van der Waals surface area contributed by atoms with E-state index in [-0.39, 0.29) is 5.41 Å². The van der Waals surface area contributed by atoms with Crippen LogP contribution in [-0.2, 0) is 5.41 Å². The van der Waals surface area contributed by atoms with Crippen LogP contribution in [0.25, 0.3) is 44.2 Å². The predicted molar refractivity (Wildman–Crippen MR) is 142 cm³/mol.